The third-order valence-electron chi connectivity index (χ3n) is 5.34. The maximum atomic E-state index is 9.24. The number of benzene rings is 1. The molecule has 1 aliphatic rings. The lowest BCUT2D eigenvalue weighted by atomic mass is 10.0. The second kappa shape index (κ2) is 7.40. The number of rotatable bonds is 5. The molecule has 0 amide bonds. The van der Waals surface area contributed by atoms with Crippen LogP contribution in [0.4, 0.5) is 11.4 Å². The fraction of sp³-hybridized carbons (Fsp3) is 0.273. The van der Waals surface area contributed by atoms with Gasteiger partial charge in [-0.3, -0.25) is 9.67 Å². The van der Waals surface area contributed by atoms with Gasteiger partial charge in [0.15, 0.2) is 0 Å². The summed E-state index contributed by atoms with van der Waals surface area (Å²) in [5.74, 6) is 0.753. The van der Waals surface area contributed by atoms with E-state index in [1.807, 2.05) is 39.2 Å². The highest BCUT2D eigenvalue weighted by Gasteiger charge is 2.28. The first kappa shape index (κ1) is 18.7. The van der Waals surface area contributed by atoms with Crippen LogP contribution in [0.5, 0.6) is 5.75 Å². The molecule has 2 N–H and O–H groups in total. The molecule has 4 rings (SSSR count). The third-order valence-corrected chi connectivity index (χ3v) is 5.34. The predicted octanol–water partition coefficient (Wildman–Crippen LogP) is 4.11. The second-order valence-electron chi connectivity index (χ2n) is 7.29. The van der Waals surface area contributed by atoms with Gasteiger partial charge < -0.3 is 15.5 Å². The number of hydrogen-bond donors (Lipinski definition) is 2. The summed E-state index contributed by atoms with van der Waals surface area (Å²) >= 11 is 0. The smallest absolute Gasteiger partial charge is 0.141 e. The summed E-state index contributed by atoms with van der Waals surface area (Å²) in [7, 11) is 1.86. The van der Waals surface area contributed by atoms with Crippen molar-refractivity contribution in [3.8, 4) is 11.8 Å². The van der Waals surface area contributed by atoms with Crippen molar-refractivity contribution in [2.75, 3.05) is 5.32 Å². The van der Waals surface area contributed by atoms with E-state index >= 15 is 0 Å². The molecule has 2 aromatic heterocycles. The van der Waals surface area contributed by atoms with Gasteiger partial charge in [0, 0.05) is 37.3 Å². The summed E-state index contributed by atoms with van der Waals surface area (Å²) in [5.41, 5.74) is 7.03. The quantitative estimate of drug-likeness (QED) is 0.643. The number of hydrogen-bond acceptors (Lipinski definition) is 6. The first-order valence-corrected chi connectivity index (χ1v) is 9.46. The van der Waals surface area contributed by atoms with Gasteiger partial charge in [0.05, 0.1) is 28.8 Å². The van der Waals surface area contributed by atoms with Gasteiger partial charge in [-0.1, -0.05) is 0 Å². The lowest BCUT2D eigenvalue weighted by Crippen LogP contribution is -2.08. The normalized spacial score (nSPS) is 14.9. The number of pyridine rings is 1. The lowest BCUT2D eigenvalue weighted by molar-refractivity contribution is 0.202. The van der Waals surface area contributed by atoms with Crippen molar-refractivity contribution in [3.05, 3.63) is 64.2 Å². The lowest BCUT2D eigenvalue weighted by Gasteiger charge is -2.19. The van der Waals surface area contributed by atoms with Crippen molar-refractivity contribution in [2.24, 2.45) is 7.05 Å². The highest BCUT2D eigenvalue weighted by atomic mass is 16.5. The average molecular weight is 386 g/mol. The van der Waals surface area contributed by atoms with Gasteiger partial charge in [0.2, 0.25) is 0 Å². The molecule has 0 aliphatic heterocycles. The Morgan fingerprint density at radius 2 is 2.17 bits per heavy atom. The van der Waals surface area contributed by atoms with Crippen molar-refractivity contribution >= 4 is 17.6 Å². The monoisotopic (exact) mass is 386 g/mol. The second-order valence-corrected chi connectivity index (χ2v) is 7.29. The zero-order chi connectivity index (χ0) is 20.5. The van der Waals surface area contributed by atoms with Gasteiger partial charge >= 0.3 is 0 Å². The zero-order valence-corrected chi connectivity index (χ0v) is 16.7. The summed E-state index contributed by atoms with van der Waals surface area (Å²) in [6.07, 6.45) is 8.11. The van der Waals surface area contributed by atoms with E-state index in [0.29, 0.717) is 5.56 Å². The maximum absolute atomic E-state index is 9.24. The molecule has 0 bridgehead atoms. The number of nitrogens with zero attached hydrogens (tertiary/aromatic N) is 4. The van der Waals surface area contributed by atoms with Gasteiger partial charge in [-0.2, -0.15) is 10.4 Å². The van der Waals surface area contributed by atoms with Gasteiger partial charge in [0.25, 0.3) is 0 Å². The number of nitrogens with one attached hydrogen (secondary N) is 2. The van der Waals surface area contributed by atoms with Gasteiger partial charge in [-0.25, -0.2) is 0 Å². The molecule has 3 aromatic rings. The van der Waals surface area contributed by atoms with E-state index < -0.39 is 0 Å². The standard InChI is InChI=1S/C22H22N6O/c1-13-6-15(8-23)19(27-17-11-26-28(3)12-17)7-21(13)29-20-5-4-18-14(2)16(9-24)10-25-22(18)20/h6-8,10-12,20,23,27H,4-5H2,1-3H3. The van der Waals surface area contributed by atoms with E-state index in [0.717, 1.165) is 57.9 Å². The van der Waals surface area contributed by atoms with Gasteiger partial charge in [-0.05, 0) is 49.4 Å². The number of ether oxygens (including phenoxy) is 1. The summed E-state index contributed by atoms with van der Waals surface area (Å²) in [5, 5.41) is 24.5. The molecule has 7 nitrogen and oxygen atoms in total. The van der Waals surface area contributed by atoms with E-state index in [9.17, 15) is 5.26 Å². The minimum atomic E-state index is -0.146. The Hall–Kier alpha value is -3.66. The Morgan fingerprint density at radius 1 is 1.34 bits per heavy atom. The highest BCUT2D eigenvalue weighted by molar-refractivity contribution is 5.88. The van der Waals surface area contributed by atoms with E-state index in [1.165, 1.54) is 6.21 Å². The fourth-order valence-electron chi connectivity index (χ4n) is 3.76. The molecule has 7 heteroatoms. The van der Waals surface area contributed by atoms with Crippen LogP contribution in [-0.4, -0.2) is 21.0 Å². The Labute approximate surface area is 169 Å². The molecule has 29 heavy (non-hydrogen) atoms. The minimum Gasteiger partial charge on any atom is -0.484 e. The van der Waals surface area contributed by atoms with Crippen LogP contribution < -0.4 is 10.1 Å². The Morgan fingerprint density at radius 3 is 2.86 bits per heavy atom. The number of aromatic nitrogens is 3. The number of nitriles is 1. The molecule has 0 fully saturated rings. The van der Waals surface area contributed by atoms with Crippen LogP contribution in [-0.2, 0) is 13.5 Å². The first-order valence-electron chi connectivity index (χ1n) is 9.46. The molecule has 0 saturated heterocycles. The van der Waals surface area contributed by atoms with E-state index in [-0.39, 0.29) is 6.10 Å². The molecular weight excluding hydrogens is 364 g/mol. The zero-order valence-electron chi connectivity index (χ0n) is 16.7. The molecule has 1 aliphatic carbocycles. The molecule has 1 unspecified atom stereocenters. The van der Waals surface area contributed by atoms with Gasteiger partial charge in [0.1, 0.15) is 17.9 Å². The fourth-order valence-corrected chi connectivity index (χ4v) is 3.76. The maximum Gasteiger partial charge on any atom is 0.141 e. The third kappa shape index (κ3) is 3.45. The van der Waals surface area contributed by atoms with Crippen molar-refractivity contribution in [2.45, 2.75) is 32.8 Å². The van der Waals surface area contributed by atoms with Crippen molar-refractivity contribution < 1.29 is 4.74 Å². The van der Waals surface area contributed by atoms with Crippen molar-refractivity contribution in [1.82, 2.24) is 14.8 Å². The van der Waals surface area contributed by atoms with Crippen LogP contribution in [0.2, 0.25) is 0 Å². The number of aryl methyl sites for hydroxylation is 2. The van der Waals surface area contributed by atoms with Crippen LogP contribution >= 0.6 is 0 Å². The summed E-state index contributed by atoms with van der Waals surface area (Å²) < 4.78 is 8.08. The predicted molar refractivity (Wildman–Crippen MR) is 111 cm³/mol. The van der Waals surface area contributed by atoms with Crippen molar-refractivity contribution in [3.63, 3.8) is 0 Å². The van der Waals surface area contributed by atoms with Crippen LogP contribution in [0.3, 0.4) is 0 Å². The SMILES string of the molecule is Cc1cc(C=N)c(Nc2cnn(C)c2)cc1OC1CCc2c1ncc(C#N)c2C. The van der Waals surface area contributed by atoms with Gasteiger partial charge in [-0.15, -0.1) is 0 Å². The molecule has 1 atom stereocenters. The van der Waals surface area contributed by atoms with Crippen molar-refractivity contribution in [1.29, 1.82) is 10.7 Å². The molecule has 1 aromatic carbocycles. The molecule has 0 radical (unpaired) electrons. The molecule has 146 valence electrons. The number of fused-ring (bicyclic) bond motifs is 1. The van der Waals surface area contributed by atoms with Crippen LogP contribution in [0.25, 0.3) is 0 Å². The number of anilines is 2. The Balaban J connectivity index is 1.65. The Kier molecular flexibility index (Phi) is 4.77. The average Bonchev–Trinajstić information content (AvgIpc) is 3.31. The first-order chi connectivity index (χ1) is 14.0. The van der Waals surface area contributed by atoms with Crippen LogP contribution in [0.15, 0.2) is 30.7 Å². The summed E-state index contributed by atoms with van der Waals surface area (Å²) in [4.78, 5) is 4.51. The summed E-state index contributed by atoms with van der Waals surface area (Å²) in [6, 6.07) is 6.07. The molecular formula is C22H22N6O. The van der Waals surface area contributed by atoms with Crippen LogP contribution in [0, 0.1) is 30.6 Å². The topological polar surface area (TPSA) is 99.6 Å². The molecule has 0 spiro atoms. The Bertz CT molecular complexity index is 1140. The molecule has 2 heterocycles. The summed E-state index contributed by atoms with van der Waals surface area (Å²) in [6.45, 7) is 3.95. The van der Waals surface area contributed by atoms with E-state index in [4.69, 9.17) is 10.1 Å². The largest absolute Gasteiger partial charge is 0.484 e. The van der Waals surface area contributed by atoms with E-state index in [1.54, 1.807) is 17.1 Å². The highest BCUT2D eigenvalue weighted by Crippen LogP contribution is 2.38. The molecule has 0 saturated carbocycles. The van der Waals surface area contributed by atoms with Crippen LogP contribution in [0.1, 0.15) is 46.0 Å². The minimum absolute atomic E-state index is 0.146. The van der Waals surface area contributed by atoms with E-state index in [2.05, 4.69) is 21.5 Å².